The van der Waals surface area contributed by atoms with Crippen LogP contribution in [-0.4, -0.2) is 55.9 Å². The van der Waals surface area contributed by atoms with E-state index in [1.54, 1.807) is 0 Å². The number of hydrogen-bond acceptors (Lipinski definition) is 5. The molecule has 2 aromatic rings. The van der Waals surface area contributed by atoms with E-state index in [-0.39, 0.29) is 30.7 Å². The first kappa shape index (κ1) is 29.3. The van der Waals surface area contributed by atoms with Gasteiger partial charge in [0.1, 0.15) is 6.04 Å². The Morgan fingerprint density at radius 2 is 1.51 bits per heavy atom. The van der Waals surface area contributed by atoms with Crippen molar-refractivity contribution in [3.05, 3.63) is 60.2 Å². The normalized spacial score (nSPS) is 11.3. The monoisotopic (exact) mass is 509 g/mol. The molecule has 10 nitrogen and oxygen atoms in total. The minimum Gasteiger partial charge on any atom is -0.370 e. The second-order valence-electron chi connectivity index (χ2n) is 8.73. The summed E-state index contributed by atoms with van der Waals surface area (Å²) in [5.74, 6) is -0.919. The molecule has 0 saturated carbocycles. The number of nitrogens with zero attached hydrogens (tertiary/aromatic N) is 1. The summed E-state index contributed by atoms with van der Waals surface area (Å²) < 4.78 is 0. The molecule has 0 aliphatic heterocycles. The molecular formula is C27H39N7O3. The van der Waals surface area contributed by atoms with Crippen LogP contribution in [0.4, 0.5) is 0 Å². The maximum atomic E-state index is 12.6. The van der Waals surface area contributed by atoms with Gasteiger partial charge < -0.3 is 33.2 Å². The number of rotatable bonds is 16. The van der Waals surface area contributed by atoms with Crippen LogP contribution in [-0.2, 0) is 20.8 Å². The highest BCUT2D eigenvalue weighted by atomic mass is 16.2. The van der Waals surface area contributed by atoms with Gasteiger partial charge in [-0.2, -0.15) is 0 Å². The number of aliphatic imine (C=N–C) groups is 1. The van der Waals surface area contributed by atoms with Crippen molar-refractivity contribution in [1.82, 2.24) is 16.0 Å². The molecule has 0 aromatic heterocycles. The molecule has 10 heteroatoms. The Kier molecular flexibility index (Phi) is 13.2. The molecule has 0 aliphatic rings. The molecule has 2 aromatic carbocycles. The molecule has 0 saturated heterocycles. The first-order valence-corrected chi connectivity index (χ1v) is 12.6. The molecule has 37 heavy (non-hydrogen) atoms. The average molecular weight is 510 g/mol. The summed E-state index contributed by atoms with van der Waals surface area (Å²) in [5, 5.41) is 8.19. The minimum absolute atomic E-state index is 0.0415. The lowest BCUT2D eigenvalue weighted by Gasteiger charge is -2.18. The zero-order valence-electron chi connectivity index (χ0n) is 21.2. The van der Waals surface area contributed by atoms with Gasteiger partial charge in [0.05, 0.1) is 13.0 Å². The topological polar surface area (TPSA) is 178 Å². The van der Waals surface area contributed by atoms with Crippen LogP contribution < -0.4 is 33.2 Å². The van der Waals surface area contributed by atoms with Gasteiger partial charge >= 0.3 is 0 Å². The van der Waals surface area contributed by atoms with E-state index in [9.17, 15) is 14.4 Å². The molecule has 0 bridgehead atoms. The quantitative estimate of drug-likeness (QED) is 0.111. The molecule has 9 N–H and O–H groups in total. The van der Waals surface area contributed by atoms with Gasteiger partial charge in [-0.05, 0) is 55.3 Å². The van der Waals surface area contributed by atoms with Crippen LogP contribution in [0.15, 0.2) is 59.6 Å². The Bertz CT molecular complexity index is 1010. The molecule has 0 aliphatic carbocycles. The Labute approximate surface area is 218 Å². The molecule has 0 radical (unpaired) electrons. The zero-order chi connectivity index (χ0) is 26.9. The van der Waals surface area contributed by atoms with E-state index >= 15 is 0 Å². The molecule has 0 spiro atoms. The van der Waals surface area contributed by atoms with Crippen LogP contribution in [0.5, 0.6) is 0 Å². The van der Waals surface area contributed by atoms with Gasteiger partial charge in [-0.3, -0.25) is 19.4 Å². The molecule has 0 fully saturated rings. The van der Waals surface area contributed by atoms with E-state index < -0.39 is 11.9 Å². The van der Waals surface area contributed by atoms with Crippen LogP contribution in [0.25, 0.3) is 11.1 Å². The Balaban J connectivity index is 1.77. The summed E-state index contributed by atoms with van der Waals surface area (Å²) in [6.07, 6.45) is 3.49. The fourth-order valence-electron chi connectivity index (χ4n) is 3.66. The highest BCUT2D eigenvalue weighted by Crippen LogP contribution is 2.19. The van der Waals surface area contributed by atoms with E-state index in [2.05, 4.69) is 20.9 Å². The number of carbonyl (C=O) groups is 3. The van der Waals surface area contributed by atoms with Crippen LogP contribution in [0.3, 0.4) is 0 Å². The molecule has 3 amide bonds. The smallest absolute Gasteiger partial charge is 0.242 e. The molecule has 0 heterocycles. The van der Waals surface area contributed by atoms with Crippen molar-refractivity contribution in [2.45, 2.75) is 44.6 Å². The van der Waals surface area contributed by atoms with Crippen molar-refractivity contribution in [3.63, 3.8) is 0 Å². The number of nitrogens with two attached hydrogens (primary N) is 3. The van der Waals surface area contributed by atoms with Gasteiger partial charge in [0, 0.05) is 13.1 Å². The first-order chi connectivity index (χ1) is 17.9. The summed E-state index contributed by atoms with van der Waals surface area (Å²) in [4.78, 5) is 41.3. The summed E-state index contributed by atoms with van der Waals surface area (Å²) in [7, 11) is 0. The maximum absolute atomic E-state index is 12.6. The average Bonchev–Trinajstić information content (AvgIpc) is 2.89. The number of guanidine groups is 1. The Morgan fingerprint density at radius 3 is 2.19 bits per heavy atom. The van der Waals surface area contributed by atoms with Crippen molar-refractivity contribution >= 4 is 23.7 Å². The fraction of sp³-hybridized carbons (Fsp3) is 0.407. The largest absolute Gasteiger partial charge is 0.370 e. The van der Waals surface area contributed by atoms with Crippen LogP contribution >= 0.6 is 0 Å². The van der Waals surface area contributed by atoms with Crippen LogP contribution in [0.1, 0.15) is 37.7 Å². The third-order valence-electron chi connectivity index (χ3n) is 5.65. The molecule has 2 rings (SSSR count). The lowest BCUT2D eigenvalue weighted by Crippen LogP contribution is -2.49. The van der Waals surface area contributed by atoms with E-state index in [0.29, 0.717) is 38.9 Å². The van der Waals surface area contributed by atoms with Crippen molar-refractivity contribution in [2.24, 2.45) is 22.2 Å². The van der Waals surface area contributed by atoms with Crippen molar-refractivity contribution < 1.29 is 14.4 Å². The number of unbranched alkanes of at least 4 members (excludes halogenated alkanes) is 2. The summed E-state index contributed by atoms with van der Waals surface area (Å²) in [5.41, 5.74) is 19.2. The predicted molar refractivity (Wildman–Crippen MR) is 146 cm³/mol. The molecule has 200 valence electrons. The van der Waals surface area contributed by atoms with Crippen LogP contribution in [0.2, 0.25) is 0 Å². The van der Waals surface area contributed by atoms with E-state index in [4.69, 9.17) is 17.2 Å². The lowest BCUT2D eigenvalue weighted by molar-refractivity contribution is -0.129. The summed E-state index contributed by atoms with van der Waals surface area (Å²) >= 11 is 0. The lowest BCUT2D eigenvalue weighted by atomic mass is 10.0. The van der Waals surface area contributed by atoms with Gasteiger partial charge in [-0.1, -0.05) is 54.6 Å². The Morgan fingerprint density at radius 1 is 0.811 bits per heavy atom. The predicted octanol–water partition coefficient (Wildman–Crippen LogP) is 0.796. The summed E-state index contributed by atoms with van der Waals surface area (Å²) in [6, 6.07) is 17.0. The van der Waals surface area contributed by atoms with Gasteiger partial charge in [-0.25, -0.2) is 0 Å². The highest BCUT2D eigenvalue weighted by molar-refractivity contribution is 5.90. The third kappa shape index (κ3) is 12.0. The second-order valence-corrected chi connectivity index (χ2v) is 8.73. The van der Waals surface area contributed by atoms with Gasteiger partial charge in [0.25, 0.3) is 0 Å². The van der Waals surface area contributed by atoms with E-state index in [0.717, 1.165) is 29.5 Å². The van der Waals surface area contributed by atoms with Crippen LogP contribution in [0, 0.1) is 0 Å². The second kappa shape index (κ2) is 16.7. The van der Waals surface area contributed by atoms with Gasteiger partial charge in [-0.15, -0.1) is 0 Å². The van der Waals surface area contributed by atoms with Gasteiger partial charge in [0.2, 0.25) is 17.7 Å². The molecule has 0 unspecified atom stereocenters. The first-order valence-electron chi connectivity index (χ1n) is 12.6. The van der Waals surface area contributed by atoms with Crippen molar-refractivity contribution in [3.8, 4) is 11.1 Å². The number of benzene rings is 2. The third-order valence-corrected chi connectivity index (χ3v) is 5.65. The summed E-state index contributed by atoms with van der Waals surface area (Å²) in [6.45, 7) is 1.24. The van der Waals surface area contributed by atoms with Crippen molar-refractivity contribution in [1.29, 1.82) is 0 Å². The number of carbonyl (C=O) groups excluding carboxylic acids is 3. The van der Waals surface area contributed by atoms with E-state index in [1.807, 2.05) is 54.6 Å². The molecular weight excluding hydrogens is 470 g/mol. The SMILES string of the molecule is NCCCC[C@H](NC(=O)CNC(=O)Cc1ccc(-c2ccccc2)cc1)C(=O)NCCCCN=C(N)N. The molecule has 1 atom stereocenters. The van der Waals surface area contributed by atoms with E-state index in [1.165, 1.54) is 0 Å². The fourth-order valence-corrected chi connectivity index (χ4v) is 3.66. The van der Waals surface area contributed by atoms with Gasteiger partial charge in [0.15, 0.2) is 5.96 Å². The minimum atomic E-state index is -0.695. The number of hydrogen-bond donors (Lipinski definition) is 6. The maximum Gasteiger partial charge on any atom is 0.242 e. The highest BCUT2D eigenvalue weighted by Gasteiger charge is 2.20. The Hall–Kier alpha value is -3.92. The number of nitrogens with one attached hydrogen (secondary N) is 3. The zero-order valence-corrected chi connectivity index (χ0v) is 21.2. The standard InChI is InChI=1S/C27H39N7O3/c28-15-5-4-10-23(26(37)31-16-6-7-17-32-27(29)30)34-25(36)19-33-24(35)18-20-11-13-22(14-12-20)21-8-2-1-3-9-21/h1-3,8-9,11-14,23H,4-7,10,15-19,28H2,(H,31,37)(H,33,35)(H,34,36)(H4,29,30,32)/t23-/m0/s1. The number of amides is 3. The van der Waals surface area contributed by atoms with Crippen molar-refractivity contribution in [2.75, 3.05) is 26.2 Å².